The largest absolute Gasteiger partial charge is 0.434 e. The van der Waals surface area contributed by atoms with E-state index < -0.39 is 54.2 Å². The maximum Gasteiger partial charge on any atom is 0.434 e. The van der Waals surface area contributed by atoms with E-state index in [0.717, 1.165) is 13.1 Å². The lowest BCUT2D eigenvalue weighted by molar-refractivity contribution is -0.473. The summed E-state index contributed by atoms with van der Waals surface area (Å²) in [5, 5.41) is 36.9. The number of aryl methyl sites for hydroxylation is 1. The molecule has 1 saturated heterocycles. The minimum atomic E-state index is -4.74. The Hall–Kier alpha value is -4.20. The molecule has 1 aliphatic rings. The number of rotatable bonds is 5. The Morgan fingerprint density at radius 1 is 1.20 bits per heavy atom. The molecule has 1 aliphatic heterocycles. The van der Waals surface area contributed by atoms with E-state index in [4.69, 9.17) is 5.26 Å². The second kappa shape index (κ2) is 10.1. The number of alkyl halides is 5. The fourth-order valence-electron chi connectivity index (χ4n) is 4.23. The van der Waals surface area contributed by atoms with Gasteiger partial charge in [-0.05, 0) is 31.5 Å². The second-order valence-electron chi connectivity index (χ2n) is 9.00. The number of morpholine rings is 1. The molecule has 1 aromatic carbocycles. The van der Waals surface area contributed by atoms with E-state index in [-0.39, 0.29) is 16.3 Å². The van der Waals surface area contributed by atoms with Crippen molar-refractivity contribution in [1.82, 2.24) is 24.6 Å². The van der Waals surface area contributed by atoms with Crippen LogP contribution in [0, 0.1) is 18.3 Å². The van der Waals surface area contributed by atoms with Crippen molar-refractivity contribution in [1.29, 1.82) is 5.26 Å². The smallest absolute Gasteiger partial charge is 0.367 e. The molecule has 212 valence electrons. The van der Waals surface area contributed by atoms with Crippen LogP contribution in [0.1, 0.15) is 34.4 Å². The Kier molecular flexibility index (Phi) is 7.26. The number of ether oxygens (including phenoxy) is 1. The van der Waals surface area contributed by atoms with E-state index >= 15 is 0 Å². The van der Waals surface area contributed by atoms with Crippen LogP contribution in [-0.4, -0.2) is 71.5 Å². The van der Waals surface area contributed by atoms with Gasteiger partial charge >= 0.3 is 18.2 Å². The quantitative estimate of drug-likeness (QED) is 0.312. The Labute approximate surface area is 223 Å². The van der Waals surface area contributed by atoms with Crippen LogP contribution < -0.4 is 5.32 Å². The number of halogens is 5. The number of nitriles is 1. The molecule has 2 atom stereocenters. The second-order valence-corrected chi connectivity index (χ2v) is 9.00. The molecule has 1 amide bonds. The Morgan fingerprint density at radius 2 is 1.85 bits per heavy atom. The Morgan fingerprint density at radius 3 is 2.40 bits per heavy atom. The zero-order valence-electron chi connectivity index (χ0n) is 21.1. The summed E-state index contributed by atoms with van der Waals surface area (Å²) in [6, 6.07) is 6.42. The van der Waals surface area contributed by atoms with Crippen LogP contribution in [0.4, 0.5) is 27.8 Å². The van der Waals surface area contributed by atoms with Gasteiger partial charge in [0.15, 0.2) is 11.4 Å². The fourth-order valence-corrected chi connectivity index (χ4v) is 4.23. The lowest BCUT2D eigenvalue weighted by Crippen LogP contribution is -2.74. The number of amides is 1. The van der Waals surface area contributed by atoms with Gasteiger partial charge in [0.25, 0.3) is 5.91 Å². The molecular formula is C24H22F5N7O4. The number of aliphatic hydroxyl groups is 2. The van der Waals surface area contributed by atoms with E-state index in [2.05, 4.69) is 25.1 Å². The molecule has 4 rings (SSSR count). The van der Waals surface area contributed by atoms with Crippen molar-refractivity contribution in [2.45, 2.75) is 44.2 Å². The van der Waals surface area contributed by atoms with Gasteiger partial charge in [-0.3, -0.25) is 14.4 Å². The summed E-state index contributed by atoms with van der Waals surface area (Å²) in [5.74, 6) is -5.66. The topological polar surface area (TPSA) is 149 Å². The van der Waals surface area contributed by atoms with E-state index in [1.165, 1.54) is 36.0 Å². The molecule has 2 aromatic heterocycles. The predicted octanol–water partition coefficient (Wildman–Crippen LogP) is 2.65. The lowest BCUT2D eigenvalue weighted by atomic mass is 9.99. The van der Waals surface area contributed by atoms with E-state index in [1.54, 1.807) is 6.92 Å². The van der Waals surface area contributed by atoms with Crippen molar-refractivity contribution in [3.63, 3.8) is 0 Å². The summed E-state index contributed by atoms with van der Waals surface area (Å²) in [6.45, 7) is 2.24. The molecule has 11 nitrogen and oxygen atoms in total. The summed E-state index contributed by atoms with van der Waals surface area (Å²) in [4.78, 5) is 20.8. The molecule has 0 bridgehead atoms. The predicted molar refractivity (Wildman–Crippen MR) is 126 cm³/mol. The first-order valence-corrected chi connectivity index (χ1v) is 11.6. The third-order valence-electron chi connectivity index (χ3n) is 6.43. The Balaban J connectivity index is 1.73. The summed E-state index contributed by atoms with van der Waals surface area (Å²) in [5.41, 5.74) is -0.331. The summed E-state index contributed by atoms with van der Waals surface area (Å²) in [7, 11) is 1.49. The molecule has 0 saturated carbocycles. The molecule has 0 aliphatic carbocycles. The monoisotopic (exact) mass is 567 g/mol. The molecule has 3 N–H and O–H groups in total. The number of nitrogens with one attached hydrogen (secondary N) is 1. The van der Waals surface area contributed by atoms with Crippen LogP contribution in [0.3, 0.4) is 0 Å². The first-order valence-electron chi connectivity index (χ1n) is 11.6. The van der Waals surface area contributed by atoms with Gasteiger partial charge in [-0.2, -0.15) is 32.3 Å². The standard InChI is InChI=1S/C24H22F5N7O4/c1-12-19(15-6-4-14(8-30)5-7-15)20(34-35(12)3)21(37)36-16(13(2)40-23(28,29)24(36,38)39)9-32-18-11-31-17(10-33-18)22(25,26)27/h4-7,10-11,13,16,38-39H,9H2,1-3H3,(H,32,33). The van der Waals surface area contributed by atoms with Crippen molar-refractivity contribution < 1.29 is 41.7 Å². The van der Waals surface area contributed by atoms with Gasteiger partial charge in [0.2, 0.25) is 0 Å². The normalized spacial score (nSPS) is 20.2. The molecule has 40 heavy (non-hydrogen) atoms. The molecule has 2 unspecified atom stereocenters. The summed E-state index contributed by atoms with van der Waals surface area (Å²) >= 11 is 0. The molecule has 0 radical (unpaired) electrons. The first-order chi connectivity index (χ1) is 18.6. The van der Waals surface area contributed by atoms with Crippen molar-refractivity contribution in [2.75, 3.05) is 11.9 Å². The maximum atomic E-state index is 14.7. The van der Waals surface area contributed by atoms with Gasteiger partial charge < -0.3 is 20.3 Å². The van der Waals surface area contributed by atoms with Crippen molar-refractivity contribution in [3.8, 4) is 17.2 Å². The van der Waals surface area contributed by atoms with E-state index in [9.17, 15) is 37.0 Å². The van der Waals surface area contributed by atoms with Crippen LogP contribution >= 0.6 is 0 Å². The third-order valence-corrected chi connectivity index (χ3v) is 6.43. The number of hydrogen-bond acceptors (Lipinski definition) is 9. The van der Waals surface area contributed by atoms with Crippen LogP contribution in [0.25, 0.3) is 11.1 Å². The number of nitrogens with zero attached hydrogens (tertiary/aromatic N) is 6. The zero-order valence-corrected chi connectivity index (χ0v) is 21.1. The van der Waals surface area contributed by atoms with Gasteiger partial charge in [0, 0.05) is 24.8 Å². The van der Waals surface area contributed by atoms with Gasteiger partial charge in [0.1, 0.15) is 5.82 Å². The highest BCUT2D eigenvalue weighted by atomic mass is 19.4. The fraction of sp³-hybridized carbons (Fsp3) is 0.375. The van der Waals surface area contributed by atoms with Gasteiger partial charge in [-0.1, -0.05) is 12.1 Å². The van der Waals surface area contributed by atoms with Crippen LogP contribution in [0.15, 0.2) is 36.7 Å². The van der Waals surface area contributed by atoms with Gasteiger partial charge in [-0.25, -0.2) is 9.97 Å². The highest BCUT2D eigenvalue weighted by molar-refractivity contribution is 6.00. The average Bonchev–Trinajstić information content (AvgIpc) is 3.18. The number of carbonyl (C=O) groups excluding carboxylic acids is 1. The molecule has 0 spiro atoms. The summed E-state index contributed by atoms with van der Waals surface area (Å²) in [6.07, 6.45) is -9.69. The van der Waals surface area contributed by atoms with Crippen molar-refractivity contribution in [2.24, 2.45) is 7.05 Å². The van der Waals surface area contributed by atoms with E-state index in [0.29, 0.717) is 23.0 Å². The lowest BCUT2D eigenvalue weighted by Gasteiger charge is -2.50. The highest BCUT2D eigenvalue weighted by Crippen LogP contribution is 2.41. The minimum Gasteiger partial charge on any atom is -0.367 e. The molecular weight excluding hydrogens is 545 g/mol. The highest BCUT2D eigenvalue weighted by Gasteiger charge is 2.66. The van der Waals surface area contributed by atoms with Crippen LogP contribution in [0.2, 0.25) is 0 Å². The molecule has 16 heteroatoms. The maximum absolute atomic E-state index is 14.7. The van der Waals surface area contributed by atoms with Crippen LogP contribution in [0.5, 0.6) is 0 Å². The van der Waals surface area contributed by atoms with Crippen LogP contribution in [-0.2, 0) is 18.0 Å². The third kappa shape index (κ3) is 5.06. The average molecular weight is 567 g/mol. The van der Waals surface area contributed by atoms with E-state index in [1.807, 2.05) is 6.07 Å². The number of aromatic nitrogens is 4. The van der Waals surface area contributed by atoms with Gasteiger partial charge in [-0.15, -0.1) is 0 Å². The molecule has 1 fully saturated rings. The van der Waals surface area contributed by atoms with Crippen molar-refractivity contribution in [3.05, 3.63) is 59.3 Å². The number of anilines is 1. The summed E-state index contributed by atoms with van der Waals surface area (Å²) < 4.78 is 73.7. The number of hydrogen-bond donors (Lipinski definition) is 3. The zero-order chi connectivity index (χ0) is 29.6. The molecule has 3 aromatic rings. The Bertz CT molecular complexity index is 1450. The van der Waals surface area contributed by atoms with Crippen molar-refractivity contribution >= 4 is 11.7 Å². The minimum absolute atomic E-state index is 0.112. The number of benzene rings is 1. The number of carbonyl (C=O) groups is 1. The first kappa shape index (κ1) is 28.8. The molecule has 3 heterocycles. The SMILES string of the molecule is Cc1c(-c2ccc(C#N)cc2)c(C(=O)N2C(CNc3cnc(C(F)(F)F)cn3)C(C)OC(F)(F)C2(O)O)nn1C. The van der Waals surface area contributed by atoms with Gasteiger partial charge in [0.05, 0.1) is 36.2 Å².